The molecule has 1 saturated carbocycles. The number of nitrogens with one attached hydrogen (secondary N) is 1. The van der Waals surface area contributed by atoms with Gasteiger partial charge in [0.05, 0.1) is 0 Å². The third-order valence-corrected chi connectivity index (χ3v) is 4.99. The van der Waals surface area contributed by atoms with Crippen LogP contribution < -0.4 is 5.32 Å². The van der Waals surface area contributed by atoms with Gasteiger partial charge in [0.25, 0.3) is 5.91 Å². The molecule has 3 rings (SSSR count). The molecule has 5 heteroatoms. The summed E-state index contributed by atoms with van der Waals surface area (Å²) >= 11 is 0. The molecule has 1 N–H and O–H groups in total. The summed E-state index contributed by atoms with van der Waals surface area (Å²) in [5.41, 5.74) is 0.497. The van der Waals surface area contributed by atoms with Crippen molar-refractivity contribution in [1.82, 2.24) is 15.2 Å². The average Bonchev–Trinajstić information content (AvgIpc) is 2.63. The van der Waals surface area contributed by atoms with E-state index in [1.165, 1.54) is 19.3 Å². The number of piperidine rings is 1. The summed E-state index contributed by atoms with van der Waals surface area (Å²) in [6, 6.07) is 5.60. The van der Waals surface area contributed by atoms with Gasteiger partial charge < -0.3 is 10.2 Å². The van der Waals surface area contributed by atoms with Crippen molar-refractivity contribution < 1.29 is 9.59 Å². The molecule has 1 aliphatic heterocycles. The van der Waals surface area contributed by atoms with Crippen LogP contribution in [0, 0.1) is 5.92 Å². The minimum Gasteiger partial charge on any atom is -0.353 e. The molecular weight excluding hydrogens is 290 g/mol. The topological polar surface area (TPSA) is 62.3 Å². The Hall–Kier alpha value is -1.91. The molecule has 0 spiro atoms. The quantitative estimate of drug-likeness (QED) is 0.931. The van der Waals surface area contributed by atoms with Crippen LogP contribution in [0.15, 0.2) is 24.4 Å². The van der Waals surface area contributed by atoms with Crippen molar-refractivity contribution in [3.05, 3.63) is 30.1 Å². The van der Waals surface area contributed by atoms with E-state index in [1.807, 2.05) is 17.0 Å². The first-order chi connectivity index (χ1) is 11.2. The van der Waals surface area contributed by atoms with E-state index in [2.05, 4.69) is 10.3 Å². The maximum Gasteiger partial charge on any atom is 0.272 e. The number of amides is 2. The van der Waals surface area contributed by atoms with Crippen molar-refractivity contribution in [1.29, 1.82) is 0 Å². The molecule has 1 aromatic rings. The number of aromatic nitrogens is 1. The SMILES string of the molecule is O=C(NC1CCN(C(=O)c2ccccn2)CC1)C1CCCCC1. The molecule has 2 aliphatic rings. The number of pyridine rings is 1. The van der Waals surface area contributed by atoms with E-state index < -0.39 is 0 Å². The largest absolute Gasteiger partial charge is 0.353 e. The van der Waals surface area contributed by atoms with Crippen molar-refractivity contribution in [3.8, 4) is 0 Å². The van der Waals surface area contributed by atoms with Crippen molar-refractivity contribution in [3.63, 3.8) is 0 Å². The van der Waals surface area contributed by atoms with Gasteiger partial charge >= 0.3 is 0 Å². The Morgan fingerprint density at radius 3 is 2.43 bits per heavy atom. The number of likely N-dealkylation sites (tertiary alicyclic amines) is 1. The van der Waals surface area contributed by atoms with Crippen LogP contribution in [-0.4, -0.2) is 40.8 Å². The van der Waals surface area contributed by atoms with Crippen molar-refractivity contribution >= 4 is 11.8 Å². The van der Waals surface area contributed by atoms with E-state index in [-0.39, 0.29) is 23.8 Å². The molecular formula is C18H25N3O2. The van der Waals surface area contributed by atoms with Gasteiger partial charge in [0, 0.05) is 31.2 Å². The maximum absolute atomic E-state index is 12.4. The second-order valence-corrected chi connectivity index (χ2v) is 6.62. The fraction of sp³-hybridized carbons (Fsp3) is 0.611. The van der Waals surface area contributed by atoms with E-state index in [0.717, 1.165) is 25.7 Å². The molecule has 2 fully saturated rings. The molecule has 2 amide bonds. The average molecular weight is 315 g/mol. The van der Waals surface area contributed by atoms with Gasteiger partial charge in [0.15, 0.2) is 0 Å². The van der Waals surface area contributed by atoms with Crippen LogP contribution in [0.3, 0.4) is 0 Å². The highest BCUT2D eigenvalue weighted by Crippen LogP contribution is 2.24. The number of hydrogen-bond acceptors (Lipinski definition) is 3. The summed E-state index contributed by atoms with van der Waals surface area (Å²) in [6.07, 6.45) is 8.98. The van der Waals surface area contributed by atoms with E-state index in [4.69, 9.17) is 0 Å². The zero-order chi connectivity index (χ0) is 16.1. The number of carbonyl (C=O) groups is 2. The lowest BCUT2D eigenvalue weighted by molar-refractivity contribution is -0.126. The predicted octanol–water partition coefficient (Wildman–Crippen LogP) is 2.38. The fourth-order valence-corrected chi connectivity index (χ4v) is 3.56. The summed E-state index contributed by atoms with van der Waals surface area (Å²) in [5, 5.41) is 3.20. The monoisotopic (exact) mass is 315 g/mol. The first-order valence-corrected chi connectivity index (χ1v) is 8.75. The second kappa shape index (κ2) is 7.57. The van der Waals surface area contributed by atoms with Gasteiger partial charge in [-0.15, -0.1) is 0 Å². The summed E-state index contributed by atoms with van der Waals surface area (Å²) in [6.45, 7) is 1.37. The zero-order valence-electron chi connectivity index (χ0n) is 13.5. The summed E-state index contributed by atoms with van der Waals surface area (Å²) in [4.78, 5) is 30.6. The zero-order valence-corrected chi connectivity index (χ0v) is 13.5. The Bertz CT molecular complexity index is 532. The smallest absolute Gasteiger partial charge is 0.272 e. The molecule has 0 atom stereocenters. The highest BCUT2D eigenvalue weighted by Gasteiger charge is 2.27. The van der Waals surface area contributed by atoms with Gasteiger partial charge in [-0.2, -0.15) is 0 Å². The molecule has 0 bridgehead atoms. The number of nitrogens with zero attached hydrogens (tertiary/aromatic N) is 2. The Kier molecular flexibility index (Phi) is 5.26. The summed E-state index contributed by atoms with van der Waals surface area (Å²) < 4.78 is 0. The van der Waals surface area contributed by atoms with Gasteiger partial charge in [-0.25, -0.2) is 0 Å². The molecule has 23 heavy (non-hydrogen) atoms. The molecule has 1 saturated heterocycles. The number of carbonyl (C=O) groups excluding carboxylic acids is 2. The molecule has 0 aromatic carbocycles. The van der Waals surface area contributed by atoms with Gasteiger partial charge in [-0.05, 0) is 37.8 Å². The molecule has 1 aliphatic carbocycles. The van der Waals surface area contributed by atoms with Gasteiger partial charge in [0.2, 0.25) is 5.91 Å². The lowest BCUT2D eigenvalue weighted by Gasteiger charge is -2.33. The number of hydrogen-bond donors (Lipinski definition) is 1. The summed E-state index contributed by atoms with van der Waals surface area (Å²) in [7, 11) is 0. The van der Waals surface area contributed by atoms with Crippen LogP contribution in [0.1, 0.15) is 55.4 Å². The molecule has 2 heterocycles. The summed E-state index contributed by atoms with van der Waals surface area (Å²) in [5.74, 6) is 0.416. The second-order valence-electron chi connectivity index (χ2n) is 6.62. The first kappa shape index (κ1) is 16.0. The normalized spacial score (nSPS) is 20.3. The minimum absolute atomic E-state index is 0.0114. The van der Waals surface area contributed by atoms with Crippen molar-refractivity contribution in [2.45, 2.75) is 51.0 Å². The highest BCUT2D eigenvalue weighted by atomic mass is 16.2. The van der Waals surface area contributed by atoms with E-state index >= 15 is 0 Å². The van der Waals surface area contributed by atoms with Crippen LogP contribution in [0.2, 0.25) is 0 Å². The molecule has 1 aromatic heterocycles. The fourth-order valence-electron chi connectivity index (χ4n) is 3.56. The Morgan fingerprint density at radius 1 is 1.04 bits per heavy atom. The molecule has 0 radical (unpaired) electrons. The van der Waals surface area contributed by atoms with E-state index in [1.54, 1.807) is 12.3 Å². The Balaban J connectivity index is 1.46. The molecule has 5 nitrogen and oxygen atoms in total. The first-order valence-electron chi connectivity index (χ1n) is 8.75. The lowest BCUT2D eigenvalue weighted by atomic mass is 9.88. The van der Waals surface area contributed by atoms with Crippen LogP contribution in [0.25, 0.3) is 0 Å². The standard InChI is InChI=1S/C18H25N3O2/c22-17(14-6-2-1-3-7-14)20-15-9-12-21(13-10-15)18(23)16-8-4-5-11-19-16/h4-5,8,11,14-15H,1-3,6-7,9-10,12-13H2,(H,20,22). The Morgan fingerprint density at radius 2 is 1.78 bits per heavy atom. The van der Waals surface area contributed by atoms with Gasteiger partial charge in [0.1, 0.15) is 5.69 Å². The third kappa shape index (κ3) is 4.09. The lowest BCUT2D eigenvalue weighted by Crippen LogP contribution is -2.48. The van der Waals surface area contributed by atoms with Crippen molar-refractivity contribution in [2.24, 2.45) is 5.92 Å². The van der Waals surface area contributed by atoms with Gasteiger partial charge in [-0.3, -0.25) is 14.6 Å². The van der Waals surface area contributed by atoms with Crippen molar-refractivity contribution in [2.75, 3.05) is 13.1 Å². The van der Waals surface area contributed by atoms with Crippen LogP contribution in [-0.2, 0) is 4.79 Å². The van der Waals surface area contributed by atoms with Crippen LogP contribution >= 0.6 is 0 Å². The van der Waals surface area contributed by atoms with E-state index in [9.17, 15) is 9.59 Å². The Labute approximate surface area is 137 Å². The number of rotatable bonds is 3. The predicted molar refractivity (Wildman–Crippen MR) is 87.9 cm³/mol. The molecule has 124 valence electrons. The van der Waals surface area contributed by atoms with E-state index in [0.29, 0.717) is 18.8 Å². The highest BCUT2D eigenvalue weighted by molar-refractivity contribution is 5.92. The molecule has 0 unspecified atom stereocenters. The van der Waals surface area contributed by atoms with Crippen LogP contribution in [0.4, 0.5) is 0 Å². The maximum atomic E-state index is 12.4. The van der Waals surface area contributed by atoms with Crippen LogP contribution in [0.5, 0.6) is 0 Å². The minimum atomic E-state index is -0.0114. The third-order valence-electron chi connectivity index (χ3n) is 4.99. The van der Waals surface area contributed by atoms with Gasteiger partial charge in [-0.1, -0.05) is 25.3 Å².